The summed E-state index contributed by atoms with van der Waals surface area (Å²) in [6, 6.07) is 5.43. The van der Waals surface area contributed by atoms with Crippen LogP contribution in [0.4, 0.5) is 0 Å². The van der Waals surface area contributed by atoms with E-state index in [1.807, 2.05) is 0 Å². The SMILES string of the molecule is COC(=O)C(CN=O)NC(=O)c1cccc(C#CCCCC(=O)N(C)C)c1. The summed E-state index contributed by atoms with van der Waals surface area (Å²) in [5.74, 6) is 4.69. The van der Waals surface area contributed by atoms with Crippen molar-refractivity contribution in [1.82, 2.24) is 10.2 Å². The Morgan fingerprint density at radius 1 is 1.30 bits per heavy atom. The normalized spacial score (nSPS) is 10.8. The Kier molecular flexibility index (Phi) is 9.23. The Labute approximate surface area is 158 Å². The maximum atomic E-state index is 12.3. The van der Waals surface area contributed by atoms with E-state index in [0.29, 0.717) is 30.4 Å². The molecule has 8 nitrogen and oxygen atoms in total. The molecule has 1 rings (SSSR count). The van der Waals surface area contributed by atoms with Gasteiger partial charge in [0.05, 0.1) is 7.11 Å². The standard InChI is InChI=1S/C19H23N3O5/c1-22(2)17(23)11-6-4-5-8-14-9-7-10-15(12-14)18(24)21-16(13-20-26)19(25)27-3/h7,9-10,12,16H,4,6,11,13H2,1-3H3,(H,21,24). The summed E-state index contributed by atoms with van der Waals surface area (Å²) in [6.45, 7) is -0.413. The molecule has 2 amide bonds. The maximum absolute atomic E-state index is 12.3. The summed E-state index contributed by atoms with van der Waals surface area (Å²) in [5, 5.41) is 5.05. The summed E-state index contributed by atoms with van der Waals surface area (Å²) in [5.41, 5.74) is 0.925. The van der Waals surface area contributed by atoms with Gasteiger partial charge in [-0.25, -0.2) is 4.79 Å². The molecule has 1 unspecified atom stereocenters. The molecule has 0 spiro atoms. The summed E-state index contributed by atoms with van der Waals surface area (Å²) >= 11 is 0. The van der Waals surface area contributed by atoms with Crippen LogP contribution in [0.25, 0.3) is 0 Å². The number of ether oxygens (including phenoxy) is 1. The molecule has 0 heterocycles. The highest BCUT2D eigenvalue weighted by Crippen LogP contribution is 2.06. The molecule has 1 aromatic rings. The zero-order chi connectivity index (χ0) is 20.2. The second kappa shape index (κ2) is 11.4. The number of nitroso groups, excluding NO2 is 1. The molecule has 1 atom stereocenters. The zero-order valence-corrected chi connectivity index (χ0v) is 15.7. The largest absolute Gasteiger partial charge is 0.467 e. The molecular weight excluding hydrogens is 350 g/mol. The number of carbonyl (C=O) groups excluding carboxylic acids is 3. The average Bonchev–Trinajstić information content (AvgIpc) is 2.66. The van der Waals surface area contributed by atoms with Gasteiger partial charge in [0.25, 0.3) is 5.91 Å². The molecule has 0 aromatic heterocycles. The van der Waals surface area contributed by atoms with Crippen molar-refractivity contribution in [2.24, 2.45) is 5.18 Å². The highest BCUT2D eigenvalue weighted by Gasteiger charge is 2.22. The van der Waals surface area contributed by atoms with Gasteiger partial charge >= 0.3 is 5.97 Å². The predicted octanol–water partition coefficient (Wildman–Crippen LogP) is 1.33. The number of hydrogen-bond acceptors (Lipinski definition) is 6. The second-order valence-corrected chi connectivity index (χ2v) is 5.89. The van der Waals surface area contributed by atoms with Crippen molar-refractivity contribution in [3.63, 3.8) is 0 Å². The fraction of sp³-hybridized carbons (Fsp3) is 0.421. The summed E-state index contributed by atoms with van der Waals surface area (Å²) in [7, 11) is 4.58. The van der Waals surface area contributed by atoms with Crippen LogP contribution in [0.3, 0.4) is 0 Å². The van der Waals surface area contributed by atoms with Crippen molar-refractivity contribution in [2.75, 3.05) is 27.7 Å². The fourth-order valence-corrected chi connectivity index (χ4v) is 2.09. The van der Waals surface area contributed by atoms with E-state index < -0.39 is 24.5 Å². The number of nitrogens with one attached hydrogen (secondary N) is 1. The van der Waals surface area contributed by atoms with E-state index in [2.05, 4.69) is 27.1 Å². The minimum absolute atomic E-state index is 0.0560. The van der Waals surface area contributed by atoms with Gasteiger partial charge in [0.1, 0.15) is 6.54 Å². The highest BCUT2D eigenvalue weighted by atomic mass is 16.5. The summed E-state index contributed by atoms with van der Waals surface area (Å²) < 4.78 is 4.53. The van der Waals surface area contributed by atoms with Crippen LogP contribution in [0.2, 0.25) is 0 Å². The average molecular weight is 373 g/mol. The van der Waals surface area contributed by atoms with Crippen LogP contribution in [0.15, 0.2) is 29.4 Å². The molecule has 0 radical (unpaired) electrons. The third-order valence-electron chi connectivity index (χ3n) is 3.60. The van der Waals surface area contributed by atoms with Crippen molar-refractivity contribution in [2.45, 2.75) is 25.3 Å². The molecule has 0 aliphatic carbocycles. The molecule has 0 fully saturated rings. The fourth-order valence-electron chi connectivity index (χ4n) is 2.09. The third-order valence-corrected chi connectivity index (χ3v) is 3.60. The quantitative estimate of drug-likeness (QED) is 0.320. The Bertz CT molecular complexity index is 749. The summed E-state index contributed by atoms with van der Waals surface area (Å²) in [4.78, 5) is 47.2. The van der Waals surface area contributed by atoms with Gasteiger partial charge in [0.2, 0.25) is 5.91 Å². The third kappa shape index (κ3) is 7.69. The van der Waals surface area contributed by atoms with E-state index in [1.165, 1.54) is 4.90 Å². The van der Waals surface area contributed by atoms with E-state index in [1.54, 1.807) is 38.4 Å². The Hall–Kier alpha value is -3.21. The van der Waals surface area contributed by atoms with Crippen molar-refractivity contribution in [1.29, 1.82) is 0 Å². The van der Waals surface area contributed by atoms with Gasteiger partial charge in [-0.05, 0) is 24.6 Å². The second-order valence-electron chi connectivity index (χ2n) is 5.89. The van der Waals surface area contributed by atoms with E-state index in [0.717, 1.165) is 7.11 Å². The first-order valence-corrected chi connectivity index (χ1v) is 8.36. The van der Waals surface area contributed by atoms with Crippen LogP contribution in [0, 0.1) is 16.7 Å². The Balaban J connectivity index is 2.69. The highest BCUT2D eigenvalue weighted by molar-refractivity contribution is 5.97. The van der Waals surface area contributed by atoms with Gasteiger partial charge in [0.15, 0.2) is 6.04 Å². The number of rotatable bonds is 8. The number of hydrogen-bond donors (Lipinski definition) is 1. The van der Waals surface area contributed by atoms with Gasteiger partial charge in [-0.15, -0.1) is 0 Å². The number of esters is 1. The molecule has 1 aromatic carbocycles. The number of nitrogens with zero attached hydrogens (tertiary/aromatic N) is 2. The van der Waals surface area contributed by atoms with E-state index in [4.69, 9.17) is 0 Å². The molecule has 0 aliphatic heterocycles. The molecule has 0 bridgehead atoms. The lowest BCUT2D eigenvalue weighted by molar-refractivity contribution is -0.142. The van der Waals surface area contributed by atoms with Gasteiger partial charge < -0.3 is 15.0 Å². The number of benzene rings is 1. The zero-order valence-electron chi connectivity index (χ0n) is 15.7. The number of carbonyl (C=O) groups is 3. The lowest BCUT2D eigenvalue weighted by atomic mass is 10.1. The van der Waals surface area contributed by atoms with Crippen molar-refractivity contribution >= 4 is 17.8 Å². The molecule has 27 heavy (non-hydrogen) atoms. The van der Waals surface area contributed by atoms with Crippen LogP contribution in [0.1, 0.15) is 35.2 Å². The van der Waals surface area contributed by atoms with Crippen LogP contribution in [-0.4, -0.2) is 56.5 Å². The van der Waals surface area contributed by atoms with Crippen LogP contribution < -0.4 is 5.32 Å². The summed E-state index contributed by atoms with van der Waals surface area (Å²) in [6.07, 6.45) is 1.65. The topological polar surface area (TPSA) is 105 Å². The molecular formula is C19H23N3O5. The van der Waals surface area contributed by atoms with E-state index >= 15 is 0 Å². The lowest BCUT2D eigenvalue weighted by Crippen LogP contribution is -2.43. The molecule has 0 aliphatic rings. The van der Waals surface area contributed by atoms with Gasteiger partial charge in [-0.3, -0.25) is 9.59 Å². The van der Waals surface area contributed by atoms with Crippen LogP contribution in [-0.2, 0) is 14.3 Å². The van der Waals surface area contributed by atoms with Gasteiger partial charge in [-0.2, -0.15) is 4.91 Å². The molecule has 8 heteroatoms. The molecule has 0 saturated heterocycles. The van der Waals surface area contributed by atoms with E-state index in [9.17, 15) is 19.3 Å². The monoisotopic (exact) mass is 373 g/mol. The van der Waals surface area contributed by atoms with E-state index in [-0.39, 0.29) is 5.91 Å². The molecule has 0 saturated carbocycles. The maximum Gasteiger partial charge on any atom is 0.330 e. The van der Waals surface area contributed by atoms with Crippen LogP contribution in [0.5, 0.6) is 0 Å². The van der Waals surface area contributed by atoms with Gasteiger partial charge in [0, 0.05) is 38.1 Å². The first-order valence-electron chi connectivity index (χ1n) is 8.36. The predicted molar refractivity (Wildman–Crippen MR) is 99.8 cm³/mol. The number of methoxy groups -OCH3 is 1. The van der Waals surface area contributed by atoms with Crippen LogP contribution >= 0.6 is 0 Å². The smallest absolute Gasteiger partial charge is 0.330 e. The molecule has 144 valence electrons. The number of amides is 2. The minimum atomic E-state index is -1.14. The number of unbranched alkanes of at least 4 members (excludes halogenated alkanes) is 1. The molecule has 1 N–H and O–H groups in total. The Morgan fingerprint density at radius 3 is 2.67 bits per heavy atom. The Morgan fingerprint density at radius 2 is 2.04 bits per heavy atom. The first kappa shape index (κ1) is 21.8. The van der Waals surface area contributed by atoms with Gasteiger partial charge in [-0.1, -0.05) is 23.1 Å². The first-order chi connectivity index (χ1) is 12.9. The van der Waals surface area contributed by atoms with Crippen molar-refractivity contribution in [3.05, 3.63) is 40.3 Å². The van der Waals surface area contributed by atoms with Crippen molar-refractivity contribution < 1.29 is 19.1 Å². The lowest BCUT2D eigenvalue weighted by Gasteiger charge is -2.13. The minimum Gasteiger partial charge on any atom is -0.467 e. The van der Waals surface area contributed by atoms with Crippen molar-refractivity contribution in [3.8, 4) is 11.8 Å².